The van der Waals surface area contributed by atoms with Crippen LogP contribution in [-0.4, -0.2) is 39.2 Å². The van der Waals surface area contributed by atoms with Crippen molar-refractivity contribution in [3.05, 3.63) is 11.7 Å². The first-order chi connectivity index (χ1) is 9.05. The highest BCUT2D eigenvalue weighted by atomic mass is 16.5. The van der Waals surface area contributed by atoms with Crippen molar-refractivity contribution < 1.29 is 14.4 Å². The molecule has 0 atom stereocenters. The highest BCUT2D eigenvalue weighted by molar-refractivity contribution is 5.74. The standard InChI is InChI=1S/C13H21N3O3/c1-3-4-13(12(17)18)5-7-16(8-6-13)9-11-14-10(2)19-15-11/h3-9H2,1-2H3,(H,17,18). The zero-order valence-electron chi connectivity index (χ0n) is 11.6. The average molecular weight is 267 g/mol. The number of piperidine rings is 1. The Morgan fingerprint density at radius 1 is 1.47 bits per heavy atom. The summed E-state index contributed by atoms with van der Waals surface area (Å²) in [6.07, 6.45) is 3.08. The quantitative estimate of drug-likeness (QED) is 0.877. The van der Waals surface area contributed by atoms with Crippen molar-refractivity contribution >= 4 is 5.97 Å². The first-order valence-electron chi connectivity index (χ1n) is 6.81. The van der Waals surface area contributed by atoms with Gasteiger partial charge >= 0.3 is 5.97 Å². The molecule has 0 spiro atoms. The molecule has 1 fully saturated rings. The summed E-state index contributed by atoms with van der Waals surface area (Å²) in [5.41, 5.74) is -0.529. The highest BCUT2D eigenvalue weighted by Crippen LogP contribution is 2.36. The third-order valence-corrected chi connectivity index (χ3v) is 3.93. The van der Waals surface area contributed by atoms with Gasteiger partial charge in [-0.1, -0.05) is 18.5 Å². The Labute approximate surface area is 112 Å². The zero-order valence-corrected chi connectivity index (χ0v) is 11.6. The Kier molecular flexibility index (Phi) is 4.19. The van der Waals surface area contributed by atoms with Gasteiger partial charge in [0, 0.05) is 6.92 Å². The number of carbonyl (C=O) groups is 1. The summed E-state index contributed by atoms with van der Waals surface area (Å²) in [7, 11) is 0. The Bertz CT molecular complexity index is 436. The molecule has 1 aromatic rings. The summed E-state index contributed by atoms with van der Waals surface area (Å²) in [5, 5.41) is 13.3. The van der Waals surface area contributed by atoms with Gasteiger partial charge in [0.1, 0.15) is 0 Å². The smallest absolute Gasteiger partial charge is 0.309 e. The van der Waals surface area contributed by atoms with E-state index in [-0.39, 0.29) is 0 Å². The molecule has 1 saturated heterocycles. The van der Waals surface area contributed by atoms with E-state index in [1.54, 1.807) is 6.92 Å². The van der Waals surface area contributed by atoms with Gasteiger partial charge in [-0.2, -0.15) is 4.98 Å². The lowest BCUT2D eigenvalue weighted by Crippen LogP contribution is -2.44. The fourth-order valence-electron chi connectivity index (χ4n) is 2.79. The van der Waals surface area contributed by atoms with E-state index in [2.05, 4.69) is 15.0 Å². The molecular weight excluding hydrogens is 246 g/mol. The van der Waals surface area contributed by atoms with E-state index in [1.807, 2.05) is 6.92 Å². The Balaban J connectivity index is 1.92. The molecule has 0 bridgehead atoms. The molecule has 1 aliphatic rings. The number of aliphatic carboxylic acids is 1. The van der Waals surface area contributed by atoms with Gasteiger partial charge < -0.3 is 9.63 Å². The molecule has 19 heavy (non-hydrogen) atoms. The average Bonchev–Trinajstić information content (AvgIpc) is 2.77. The molecule has 6 nitrogen and oxygen atoms in total. The molecular formula is C13H21N3O3. The molecule has 2 rings (SSSR count). The summed E-state index contributed by atoms with van der Waals surface area (Å²) < 4.78 is 4.94. The molecule has 1 aliphatic heterocycles. The molecule has 0 unspecified atom stereocenters. The molecule has 0 saturated carbocycles. The number of hydrogen-bond donors (Lipinski definition) is 1. The number of carboxylic acids is 1. The summed E-state index contributed by atoms with van der Waals surface area (Å²) in [6, 6.07) is 0. The van der Waals surface area contributed by atoms with E-state index < -0.39 is 11.4 Å². The van der Waals surface area contributed by atoms with E-state index >= 15 is 0 Å². The van der Waals surface area contributed by atoms with Crippen LogP contribution < -0.4 is 0 Å². The van der Waals surface area contributed by atoms with Crippen LogP contribution in [-0.2, 0) is 11.3 Å². The highest BCUT2D eigenvalue weighted by Gasteiger charge is 2.40. The summed E-state index contributed by atoms with van der Waals surface area (Å²) in [6.45, 7) is 6.00. The van der Waals surface area contributed by atoms with Crippen molar-refractivity contribution in [3.63, 3.8) is 0 Å². The number of nitrogens with zero attached hydrogens (tertiary/aromatic N) is 3. The van der Waals surface area contributed by atoms with Gasteiger partial charge in [-0.25, -0.2) is 0 Å². The van der Waals surface area contributed by atoms with Crippen molar-refractivity contribution in [1.29, 1.82) is 0 Å². The second-order valence-electron chi connectivity index (χ2n) is 5.34. The lowest BCUT2D eigenvalue weighted by atomic mass is 9.75. The second kappa shape index (κ2) is 5.69. The Hall–Kier alpha value is -1.43. The maximum absolute atomic E-state index is 11.5. The van der Waals surface area contributed by atoms with Crippen molar-refractivity contribution in [3.8, 4) is 0 Å². The van der Waals surface area contributed by atoms with Crippen LogP contribution in [0.15, 0.2) is 4.52 Å². The van der Waals surface area contributed by atoms with Crippen molar-refractivity contribution in [2.45, 2.75) is 46.1 Å². The molecule has 0 radical (unpaired) electrons. The monoisotopic (exact) mass is 267 g/mol. The lowest BCUT2D eigenvalue weighted by molar-refractivity contribution is -0.152. The molecule has 2 heterocycles. The third-order valence-electron chi connectivity index (χ3n) is 3.93. The van der Waals surface area contributed by atoms with Crippen LogP contribution in [0.25, 0.3) is 0 Å². The maximum atomic E-state index is 11.5. The molecule has 0 aliphatic carbocycles. The van der Waals surface area contributed by atoms with Gasteiger partial charge in [0.15, 0.2) is 5.82 Å². The van der Waals surface area contributed by atoms with Gasteiger partial charge in [-0.15, -0.1) is 0 Å². The van der Waals surface area contributed by atoms with E-state index in [9.17, 15) is 9.90 Å². The molecule has 1 aromatic heterocycles. The molecule has 6 heteroatoms. The topological polar surface area (TPSA) is 79.5 Å². The van der Waals surface area contributed by atoms with Crippen LogP contribution in [0.2, 0.25) is 0 Å². The van der Waals surface area contributed by atoms with Crippen molar-refractivity contribution in [1.82, 2.24) is 15.0 Å². The van der Waals surface area contributed by atoms with Crippen molar-refractivity contribution in [2.24, 2.45) is 5.41 Å². The largest absolute Gasteiger partial charge is 0.481 e. The van der Waals surface area contributed by atoms with Crippen LogP contribution in [0, 0.1) is 12.3 Å². The third kappa shape index (κ3) is 3.12. The van der Waals surface area contributed by atoms with Gasteiger partial charge in [0.2, 0.25) is 5.89 Å². The number of rotatable bonds is 5. The fourth-order valence-corrected chi connectivity index (χ4v) is 2.79. The van der Waals surface area contributed by atoms with Gasteiger partial charge in [0.05, 0.1) is 12.0 Å². The van der Waals surface area contributed by atoms with E-state index in [4.69, 9.17) is 4.52 Å². The number of aryl methyl sites for hydroxylation is 1. The SMILES string of the molecule is CCCC1(C(=O)O)CCN(Cc2noc(C)n2)CC1. The second-order valence-corrected chi connectivity index (χ2v) is 5.34. The van der Waals surface area contributed by atoms with Crippen LogP contribution in [0.3, 0.4) is 0 Å². The molecule has 0 aromatic carbocycles. The lowest BCUT2D eigenvalue weighted by Gasteiger charge is -2.38. The Morgan fingerprint density at radius 2 is 2.16 bits per heavy atom. The minimum Gasteiger partial charge on any atom is -0.481 e. The minimum absolute atomic E-state index is 0.529. The molecule has 0 amide bonds. The molecule has 1 N–H and O–H groups in total. The first kappa shape index (κ1) is 14.0. The predicted octanol–water partition coefficient (Wildman–Crippen LogP) is 1.84. The summed E-state index contributed by atoms with van der Waals surface area (Å²) in [5.74, 6) is 0.595. The normalized spacial score (nSPS) is 19.5. The van der Waals surface area contributed by atoms with Crippen molar-refractivity contribution in [2.75, 3.05) is 13.1 Å². The van der Waals surface area contributed by atoms with Crippen LogP contribution in [0.4, 0.5) is 0 Å². The number of aromatic nitrogens is 2. The van der Waals surface area contributed by atoms with Crippen LogP contribution in [0.5, 0.6) is 0 Å². The van der Waals surface area contributed by atoms with E-state index in [0.717, 1.165) is 25.9 Å². The minimum atomic E-state index is -0.649. The van der Waals surface area contributed by atoms with Crippen LogP contribution >= 0.6 is 0 Å². The number of likely N-dealkylation sites (tertiary alicyclic amines) is 1. The Morgan fingerprint density at radius 3 is 2.63 bits per heavy atom. The van der Waals surface area contributed by atoms with Gasteiger partial charge in [0.25, 0.3) is 0 Å². The van der Waals surface area contributed by atoms with E-state index in [0.29, 0.717) is 31.1 Å². The van der Waals surface area contributed by atoms with E-state index in [1.165, 1.54) is 0 Å². The fraction of sp³-hybridized carbons (Fsp3) is 0.769. The van der Waals surface area contributed by atoms with Gasteiger partial charge in [-0.05, 0) is 32.4 Å². The summed E-state index contributed by atoms with van der Waals surface area (Å²) >= 11 is 0. The van der Waals surface area contributed by atoms with Gasteiger partial charge in [-0.3, -0.25) is 9.69 Å². The number of carboxylic acid groups (broad SMARTS) is 1. The van der Waals surface area contributed by atoms with Crippen LogP contribution in [0.1, 0.15) is 44.3 Å². The first-order valence-corrected chi connectivity index (χ1v) is 6.81. The maximum Gasteiger partial charge on any atom is 0.309 e. The predicted molar refractivity (Wildman–Crippen MR) is 68.5 cm³/mol. The zero-order chi connectivity index (χ0) is 13.9. The number of hydrogen-bond acceptors (Lipinski definition) is 5. The summed E-state index contributed by atoms with van der Waals surface area (Å²) in [4.78, 5) is 17.8. The molecule has 106 valence electrons.